The molecule has 5 nitrogen and oxygen atoms in total. The van der Waals surface area contributed by atoms with Crippen LogP contribution in [0.5, 0.6) is 23.0 Å². The summed E-state index contributed by atoms with van der Waals surface area (Å²) < 4.78 is 10.4. The van der Waals surface area contributed by atoms with Gasteiger partial charge in [-0.1, -0.05) is 6.07 Å². The lowest BCUT2D eigenvalue weighted by Crippen LogP contribution is -2.02. The largest absolute Gasteiger partial charge is 0.507 e. The van der Waals surface area contributed by atoms with Gasteiger partial charge in [0.25, 0.3) is 0 Å². The molecule has 0 fully saturated rings. The van der Waals surface area contributed by atoms with Crippen LogP contribution < -0.4 is 14.8 Å². The summed E-state index contributed by atoms with van der Waals surface area (Å²) in [6.07, 6.45) is 0. The average molecular weight is 275 g/mol. The van der Waals surface area contributed by atoms with Gasteiger partial charge >= 0.3 is 0 Å². The molecule has 0 heterocycles. The zero-order valence-electron chi connectivity index (χ0n) is 11.4. The summed E-state index contributed by atoms with van der Waals surface area (Å²) in [5.41, 5.74) is 1.18. The zero-order chi connectivity index (χ0) is 14.5. The number of aromatic hydroxyl groups is 2. The SMILES string of the molecule is COc1ccc(NCc2c(O)cccc2O)c(OC)c1. The highest BCUT2D eigenvalue weighted by Crippen LogP contribution is 2.31. The second-order valence-electron chi connectivity index (χ2n) is 4.19. The Labute approximate surface area is 117 Å². The van der Waals surface area contributed by atoms with E-state index in [1.165, 1.54) is 12.1 Å². The molecule has 0 aromatic heterocycles. The molecule has 5 heteroatoms. The topological polar surface area (TPSA) is 71.0 Å². The van der Waals surface area contributed by atoms with Crippen molar-refractivity contribution >= 4 is 5.69 Å². The summed E-state index contributed by atoms with van der Waals surface area (Å²) in [6.45, 7) is 0.279. The lowest BCUT2D eigenvalue weighted by Gasteiger charge is -2.13. The Morgan fingerprint density at radius 2 is 1.70 bits per heavy atom. The van der Waals surface area contributed by atoms with Crippen LogP contribution in [0.25, 0.3) is 0 Å². The molecule has 0 radical (unpaired) electrons. The van der Waals surface area contributed by atoms with Crippen molar-refractivity contribution in [2.75, 3.05) is 19.5 Å². The normalized spacial score (nSPS) is 10.1. The van der Waals surface area contributed by atoms with Crippen LogP contribution in [0.15, 0.2) is 36.4 Å². The molecule has 0 unspecified atom stereocenters. The van der Waals surface area contributed by atoms with Crippen molar-refractivity contribution in [3.05, 3.63) is 42.0 Å². The Morgan fingerprint density at radius 1 is 1.00 bits per heavy atom. The van der Waals surface area contributed by atoms with E-state index in [9.17, 15) is 10.2 Å². The highest BCUT2D eigenvalue weighted by molar-refractivity contribution is 5.60. The molecule has 2 aromatic carbocycles. The number of rotatable bonds is 5. The van der Waals surface area contributed by atoms with Gasteiger partial charge in [-0.05, 0) is 24.3 Å². The molecule has 2 aromatic rings. The minimum atomic E-state index is 0.0463. The molecule has 0 aliphatic carbocycles. The molecule has 0 atom stereocenters. The first-order valence-corrected chi connectivity index (χ1v) is 6.11. The maximum Gasteiger partial charge on any atom is 0.145 e. The predicted molar refractivity (Wildman–Crippen MR) is 76.6 cm³/mol. The van der Waals surface area contributed by atoms with Crippen LogP contribution in [0.1, 0.15) is 5.56 Å². The Bertz CT molecular complexity index is 578. The van der Waals surface area contributed by atoms with Crippen LogP contribution >= 0.6 is 0 Å². The number of benzene rings is 2. The molecule has 0 aliphatic heterocycles. The smallest absolute Gasteiger partial charge is 0.145 e. The van der Waals surface area contributed by atoms with Crippen molar-refractivity contribution in [2.24, 2.45) is 0 Å². The quantitative estimate of drug-likeness (QED) is 0.782. The molecule has 0 amide bonds. The van der Waals surface area contributed by atoms with Crippen molar-refractivity contribution in [1.82, 2.24) is 0 Å². The second kappa shape index (κ2) is 6.06. The number of methoxy groups -OCH3 is 2. The van der Waals surface area contributed by atoms with Gasteiger partial charge in [0.15, 0.2) is 0 Å². The first-order chi connectivity index (χ1) is 9.65. The molecule has 0 saturated carbocycles. The van der Waals surface area contributed by atoms with Crippen LogP contribution in [-0.4, -0.2) is 24.4 Å². The molecule has 20 heavy (non-hydrogen) atoms. The number of phenols is 2. The Hall–Kier alpha value is -2.56. The average Bonchev–Trinajstić information content (AvgIpc) is 2.46. The van der Waals surface area contributed by atoms with Gasteiger partial charge in [0.05, 0.1) is 25.5 Å². The van der Waals surface area contributed by atoms with Crippen LogP contribution in [0.2, 0.25) is 0 Å². The monoisotopic (exact) mass is 275 g/mol. The van der Waals surface area contributed by atoms with Gasteiger partial charge in [0.1, 0.15) is 23.0 Å². The Balaban J connectivity index is 2.19. The van der Waals surface area contributed by atoms with Gasteiger partial charge in [-0.25, -0.2) is 0 Å². The summed E-state index contributed by atoms with van der Waals surface area (Å²) in [5, 5.41) is 22.6. The minimum Gasteiger partial charge on any atom is -0.507 e. The Morgan fingerprint density at radius 3 is 2.30 bits per heavy atom. The Kier molecular flexibility index (Phi) is 4.20. The van der Waals surface area contributed by atoms with Crippen LogP contribution in [0.4, 0.5) is 5.69 Å². The fourth-order valence-electron chi connectivity index (χ4n) is 1.87. The molecule has 0 aliphatic rings. The standard InChI is InChI=1S/C15H17NO4/c1-19-10-6-7-12(15(8-10)20-2)16-9-11-13(17)4-3-5-14(11)18/h3-8,16-18H,9H2,1-2H3. The van der Waals surface area contributed by atoms with E-state index < -0.39 is 0 Å². The predicted octanol–water partition coefficient (Wildman–Crippen LogP) is 2.73. The van der Waals surface area contributed by atoms with Gasteiger partial charge in [-0.15, -0.1) is 0 Å². The summed E-state index contributed by atoms with van der Waals surface area (Å²) in [7, 11) is 3.15. The molecule has 0 saturated heterocycles. The van der Waals surface area contributed by atoms with Crippen molar-refractivity contribution in [3.8, 4) is 23.0 Å². The van der Waals surface area contributed by atoms with Gasteiger partial charge in [0.2, 0.25) is 0 Å². The number of hydrogen-bond donors (Lipinski definition) is 3. The molecule has 3 N–H and O–H groups in total. The third-order valence-electron chi connectivity index (χ3n) is 2.99. The molecule has 2 rings (SSSR count). The van der Waals surface area contributed by atoms with E-state index in [4.69, 9.17) is 9.47 Å². The lowest BCUT2D eigenvalue weighted by molar-refractivity contribution is 0.395. The maximum atomic E-state index is 9.73. The van der Waals surface area contributed by atoms with E-state index in [0.29, 0.717) is 17.1 Å². The minimum absolute atomic E-state index is 0.0463. The van der Waals surface area contributed by atoms with E-state index in [0.717, 1.165) is 5.69 Å². The molecular weight excluding hydrogens is 258 g/mol. The van der Waals surface area contributed by atoms with Crippen molar-refractivity contribution in [2.45, 2.75) is 6.54 Å². The first kappa shape index (κ1) is 13.9. The van der Waals surface area contributed by atoms with E-state index in [2.05, 4.69) is 5.32 Å². The number of ether oxygens (including phenoxy) is 2. The van der Waals surface area contributed by atoms with Gasteiger partial charge in [-0.2, -0.15) is 0 Å². The lowest BCUT2D eigenvalue weighted by atomic mass is 10.1. The van der Waals surface area contributed by atoms with Crippen molar-refractivity contribution in [3.63, 3.8) is 0 Å². The van der Waals surface area contributed by atoms with Gasteiger partial charge in [-0.3, -0.25) is 0 Å². The van der Waals surface area contributed by atoms with Gasteiger partial charge in [0, 0.05) is 12.6 Å². The summed E-state index contributed by atoms with van der Waals surface area (Å²) in [5.74, 6) is 1.41. The third-order valence-corrected chi connectivity index (χ3v) is 2.99. The molecule has 0 bridgehead atoms. The summed E-state index contributed by atoms with van der Waals surface area (Å²) >= 11 is 0. The van der Waals surface area contributed by atoms with Crippen molar-refractivity contribution in [1.29, 1.82) is 0 Å². The van der Waals surface area contributed by atoms with Gasteiger partial charge < -0.3 is 25.0 Å². The fraction of sp³-hybridized carbons (Fsp3) is 0.200. The summed E-state index contributed by atoms with van der Waals surface area (Å²) in [6, 6.07) is 10.0. The molecule has 106 valence electrons. The third kappa shape index (κ3) is 2.88. The van der Waals surface area contributed by atoms with E-state index in [-0.39, 0.29) is 18.0 Å². The number of nitrogens with one attached hydrogen (secondary N) is 1. The highest BCUT2D eigenvalue weighted by Gasteiger charge is 2.09. The van der Waals surface area contributed by atoms with Crippen LogP contribution in [0.3, 0.4) is 0 Å². The fourth-order valence-corrected chi connectivity index (χ4v) is 1.87. The summed E-state index contributed by atoms with van der Waals surface area (Å²) in [4.78, 5) is 0. The van der Waals surface area contributed by atoms with E-state index in [1.54, 1.807) is 32.4 Å². The number of anilines is 1. The van der Waals surface area contributed by atoms with Crippen LogP contribution in [-0.2, 0) is 6.54 Å². The van der Waals surface area contributed by atoms with Crippen molar-refractivity contribution < 1.29 is 19.7 Å². The van der Waals surface area contributed by atoms with E-state index in [1.807, 2.05) is 6.07 Å². The highest BCUT2D eigenvalue weighted by atomic mass is 16.5. The number of phenolic OH excluding ortho intramolecular Hbond substituents is 2. The molecule has 0 spiro atoms. The maximum absolute atomic E-state index is 9.73. The second-order valence-corrected chi connectivity index (χ2v) is 4.19. The zero-order valence-corrected chi connectivity index (χ0v) is 11.4. The van der Waals surface area contributed by atoms with Crippen LogP contribution in [0, 0.1) is 0 Å². The molecular formula is C15H17NO4. The first-order valence-electron chi connectivity index (χ1n) is 6.11. The van der Waals surface area contributed by atoms with E-state index >= 15 is 0 Å². The number of hydrogen-bond acceptors (Lipinski definition) is 5.